The van der Waals surface area contributed by atoms with Gasteiger partial charge in [-0.1, -0.05) is 29.8 Å². The molecule has 212 valence electrons. The van der Waals surface area contributed by atoms with E-state index in [1.165, 1.54) is 17.2 Å². The number of carbonyl (C=O) groups excluding carboxylic acids is 2. The van der Waals surface area contributed by atoms with Crippen LogP contribution in [0.25, 0.3) is 0 Å². The number of hydrogen-bond acceptors (Lipinski definition) is 6. The summed E-state index contributed by atoms with van der Waals surface area (Å²) in [6.45, 7) is 2.10. The molecule has 1 spiro atoms. The van der Waals surface area contributed by atoms with E-state index >= 15 is 0 Å². The molecule has 10 heteroatoms. The zero-order chi connectivity index (χ0) is 28.1. The van der Waals surface area contributed by atoms with Gasteiger partial charge in [-0.15, -0.1) is 0 Å². The minimum atomic E-state index is -3.89. The Morgan fingerprint density at radius 2 is 1.95 bits per heavy atom. The molecule has 2 aliphatic heterocycles. The van der Waals surface area contributed by atoms with E-state index in [0.29, 0.717) is 32.0 Å². The Bertz CT molecular complexity index is 1490. The smallest absolute Gasteiger partial charge is 0.264 e. The molecule has 2 amide bonds. The van der Waals surface area contributed by atoms with Crippen LogP contribution in [-0.4, -0.2) is 64.2 Å². The van der Waals surface area contributed by atoms with Crippen LogP contribution < -0.4 is 14.4 Å². The number of aryl methyl sites for hydroxylation is 1. The molecule has 2 aromatic rings. The van der Waals surface area contributed by atoms with Crippen LogP contribution in [-0.2, 0) is 26.7 Å². The lowest BCUT2D eigenvalue weighted by molar-refractivity contribution is -0.139. The fourth-order valence-electron chi connectivity index (χ4n) is 6.69. The van der Waals surface area contributed by atoms with Crippen molar-refractivity contribution < 1.29 is 22.7 Å². The second-order valence-electron chi connectivity index (χ2n) is 11.6. The van der Waals surface area contributed by atoms with E-state index < -0.39 is 15.9 Å². The predicted molar refractivity (Wildman–Crippen MR) is 154 cm³/mol. The highest BCUT2D eigenvalue weighted by Gasteiger charge is 2.44. The molecule has 0 saturated heterocycles. The number of benzene rings is 2. The van der Waals surface area contributed by atoms with Crippen molar-refractivity contribution in [3.8, 4) is 5.75 Å². The molecule has 3 atom stereocenters. The number of rotatable bonds is 0. The number of nitrogens with zero attached hydrogens (tertiary/aromatic N) is 2. The van der Waals surface area contributed by atoms with Crippen molar-refractivity contribution in [3.05, 3.63) is 70.3 Å². The number of nitrogens with one attached hydrogen (secondary N) is 1. The van der Waals surface area contributed by atoms with Gasteiger partial charge in [0.05, 0.1) is 18.0 Å². The maximum absolute atomic E-state index is 13.3. The zero-order valence-corrected chi connectivity index (χ0v) is 24.1. The average molecular weight is 584 g/mol. The normalized spacial score (nSPS) is 28.9. The van der Waals surface area contributed by atoms with Crippen LogP contribution in [0.1, 0.15) is 47.2 Å². The van der Waals surface area contributed by atoms with Gasteiger partial charge < -0.3 is 14.5 Å². The number of halogens is 1. The zero-order valence-electron chi connectivity index (χ0n) is 22.6. The highest BCUT2D eigenvalue weighted by molar-refractivity contribution is 7.90. The summed E-state index contributed by atoms with van der Waals surface area (Å²) < 4.78 is 33.9. The molecular formula is C30H34ClN3O5S. The van der Waals surface area contributed by atoms with Crippen molar-refractivity contribution >= 4 is 39.1 Å². The minimum absolute atomic E-state index is 0.0802. The first-order valence-electron chi connectivity index (χ1n) is 13.9. The van der Waals surface area contributed by atoms with Crippen molar-refractivity contribution in [1.82, 2.24) is 9.62 Å². The quantitative estimate of drug-likeness (QED) is 0.472. The third kappa shape index (κ3) is 5.09. The van der Waals surface area contributed by atoms with E-state index in [4.69, 9.17) is 16.3 Å². The fourth-order valence-corrected chi connectivity index (χ4v) is 7.76. The molecule has 1 N–H and O–H groups in total. The van der Waals surface area contributed by atoms with E-state index in [2.05, 4.69) is 21.8 Å². The first-order valence-corrected chi connectivity index (χ1v) is 15.9. The summed E-state index contributed by atoms with van der Waals surface area (Å²) in [6.07, 6.45) is 7.84. The largest absolute Gasteiger partial charge is 0.490 e. The molecule has 1 fully saturated rings. The molecule has 8 nitrogen and oxygen atoms in total. The molecule has 0 radical (unpaired) electrons. The van der Waals surface area contributed by atoms with Gasteiger partial charge in [0.1, 0.15) is 5.75 Å². The standard InChI is InChI=1S/C30H34ClN3O5S/c1-33-13-2-3-14-40(37,38)32-28(35)21-7-11-27-26(16-21)34(17-22-6-9-24(22)29(33)36)18-30(19-39-27)12-4-5-20-15-23(31)8-10-25(20)30/h2-3,7-8,10-11,15-16,22,24H,4-6,9,12-14,17-19H2,1H3,(H,32,35)/b3-2-/t22-,24+,30-/m0/s1. The van der Waals surface area contributed by atoms with Gasteiger partial charge in [0.2, 0.25) is 15.9 Å². The lowest BCUT2D eigenvalue weighted by Gasteiger charge is -2.44. The maximum Gasteiger partial charge on any atom is 0.264 e. The molecule has 0 aromatic heterocycles. The summed E-state index contributed by atoms with van der Waals surface area (Å²) in [5, 5.41) is 0.721. The molecule has 2 aromatic carbocycles. The summed E-state index contributed by atoms with van der Waals surface area (Å²) in [7, 11) is -2.14. The van der Waals surface area contributed by atoms with Crippen LogP contribution in [0.15, 0.2) is 48.6 Å². The van der Waals surface area contributed by atoms with Crippen molar-refractivity contribution in [2.24, 2.45) is 11.8 Å². The Morgan fingerprint density at radius 3 is 2.75 bits per heavy atom. The van der Waals surface area contributed by atoms with Crippen LogP contribution in [0.2, 0.25) is 5.02 Å². The van der Waals surface area contributed by atoms with Crippen molar-refractivity contribution in [1.29, 1.82) is 0 Å². The number of fused-ring (bicyclic) bond motifs is 4. The van der Waals surface area contributed by atoms with Gasteiger partial charge in [-0.2, -0.15) is 0 Å². The molecule has 4 aliphatic rings. The number of carbonyl (C=O) groups is 2. The monoisotopic (exact) mass is 583 g/mol. The van der Waals surface area contributed by atoms with Gasteiger partial charge >= 0.3 is 0 Å². The van der Waals surface area contributed by atoms with Crippen LogP contribution in [0, 0.1) is 11.8 Å². The molecule has 2 heterocycles. The Morgan fingerprint density at radius 1 is 1.10 bits per heavy atom. The van der Waals surface area contributed by atoms with Crippen LogP contribution in [0.4, 0.5) is 5.69 Å². The number of sulfonamides is 1. The number of hydrogen-bond donors (Lipinski definition) is 1. The van der Waals surface area contributed by atoms with Crippen LogP contribution >= 0.6 is 11.6 Å². The second kappa shape index (κ2) is 10.4. The van der Waals surface area contributed by atoms with Crippen LogP contribution in [0.3, 0.4) is 0 Å². The third-order valence-corrected chi connectivity index (χ3v) is 10.3. The molecule has 2 bridgehead atoms. The highest BCUT2D eigenvalue weighted by atomic mass is 35.5. The number of amides is 2. The van der Waals surface area contributed by atoms with E-state index in [0.717, 1.165) is 42.8 Å². The lowest BCUT2D eigenvalue weighted by atomic mass is 9.69. The van der Waals surface area contributed by atoms with Crippen molar-refractivity contribution in [3.63, 3.8) is 0 Å². The summed E-state index contributed by atoms with van der Waals surface area (Å²) in [5.41, 5.74) is 3.19. The van der Waals surface area contributed by atoms with Gasteiger partial charge in [-0.3, -0.25) is 9.59 Å². The van der Waals surface area contributed by atoms with E-state index in [1.54, 1.807) is 36.2 Å². The Labute approximate surface area is 240 Å². The minimum Gasteiger partial charge on any atom is -0.490 e. The molecular weight excluding hydrogens is 550 g/mol. The van der Waals surface area contributed by atoms with Crippen molar-refractivity contribution in [2.45, 2.75) is 37.5 Å². The van der Waals surface area contributed by atoms with Gasteiger partial charge in [0, 0.05) is 48.6 Å². The molecule has 2 aliphatic carbocycles. The summed E-state index contributed by atoms with van der Waals surface area (Å²) in [6, 6.07) is 11.2. The Kier molecular flexibility index (Phi) is 7.07. The third-order valence-electron chi connectivity index (χ3n) is 8.97. The van der Waals surface area contributed by atoms with Gasteiger partial charge in [0.15, 0.2) is 0 Å². The SMILES string of the molecule is CN1C/C=C\CS(=O)(=O)NC(=O)c2ccc3c(c2)N(C[C@@H]2CC[C@H]2C1=O)C[C@@]1(CCCc2cc(Cl)ccc21)CO3. The topological polar surface area (TPSA) is 96.0 Å². The van der Waals surface area contributed by atoms with Gasteiger partial charge in [-0.05, 0) is 79.5 Å². The Balaban J connectivity index is 1.42. The first-order chi connectivity index (χ1) is 19.1. The second-order valence-corrected chi connectivity index (χ2v) is 13.8. The van der Waals surface area contributed by atoms with Gasteiger partial charge in [0.25, 0.3) is 5.91 Å². The number of likely N-dealkylation sites (N-methyl/N-ethyl adjacent to an activating group) is 1. The van der Waals surface area contributed by atoms with E-state index in [-0.39, 0.29) is 34.5 Å². The maximum atomic E-state index is 13.3. The van der Waals surface area contributed by atoms with Crippen molar-refractivity contribution in [2.75, 3.05) is 43.9 Å². The molecule has 40 heavy (non-hydrogen) atoms. The average Bonchev–Trinajstić information content (AvgIpc) is 3.05. The summed E-state index contributed by atoms with van der Waals surface area (Å²) >= 11 is 6.36. The molecule has 0 unspecified atom stereocenters. The van der Waals surface area contributed by atoms with Gasteiger partial charge in [-0.25, -0.2) is 13.1 Å². The van der Waals surface area contributed by atoms with Crippen LogP contribution in [0.5, 0.6) is 5.75 Å². The summed E-state index contributed by atoms with van der Waals surface area (Å²) in [4.78, 5) is 30.3. The van der Waals surface area contributed by atoms with E-state index in [1.807, 2.05) is 6.07 Å². The number of ether oxygens (including phenoxy) is 1. The lowest BCUT2D eigenvalue weighted by Crippen LogP contribution is -2.50. The predicted octanol–water partition coefficient (Wildman–Crippen LogP) is 3.93. The molecule has 1 saturated carbocycles. The Hall–Kier alpha value is -3.04. The summed E-state index contributed by atoms with van der Waals surface area (Å²) in [5.74, 6) is -0.214. The van der Waals surface area contributed by atoms with E-state index in [9.17, 15) is 18.0 Å². The molecule has 6 rings (SSSR count). The number of anilines is 1. The first kappa shape index (κ1) is 27.1. The highest BCUT2D eigenvalue weighted by Crippen LogP contribution is 2.46. The fraction of sp³-hybridized carbons (Fsp3) is 0.467.